The number of benzene rings is 1. The third-order valence-electron chi connectivity index (χ3n) is 4.25. The largest absolute Gasteiger partial charge is 0.379 e. The summed E-state index contributed by atoms with van der Waals surface area (Å²) in [5.74, 6) is -0.447. The smallest absolute Gasteiger partial charge is 0.246 e. The number of rotatable bonds is 4. The second kappa shape index (κ2) is 7.03. The molecule has 0 radical (unpaired) electrons. The lowest BCUT2D eigenvalue weighted by molar-refractivity contribution is 0.0730. The topological polar surface area (TPSA) is 64.4 Å². The van der Waals surface area contributed by atoms with Crippen LogP contribution in [0.5, 0.6) is 0 Å². The minimum absolute atomic E-state index is 0.0663. The molecule has 0 amide bonds. The molecule has 6 nitrogen and oxygen atoms in total. The zero-order valence-electron chi connectivity index (χ0n) is 14.0. The van der Waals surface area contributed by atoms with Gasteiger partial charge in [0.15, 0.2) is 0 Å². The van der Waals surface area contributed by atoms with Gasteiger partial charge in [-0.2, -0.15) is 9.40 Å². The van der Waals surface area contributed by atoms with Gasteiger partial charge in [0.2, 0.25) is 10.0 Å². The molecular weight excluding hydrogens is 369 g/mol. The number of aryl methyl sites for hydroxylation is 1. The van der Waals surface area contributed by atoms with Crippen LogP contribution in [0.25, 0.3) is 0 Å². The van der Waals surface area contributed by atoms with Gasteiger partial charge in [-0.3, -0.25) is 4.68 Å². The first-order valence-electron chi connectivity index (χ1n) is 7.87. The Morgan fingerprint density at radius 3 is 2.60 bits per heavy atom. The molecule has 0 bridgehead atoms. The lowest BCUT2D eigenvalue weighted by Crippen LogP contribution is -2.41. The highest BCUT2D eigenvalue weighted by molar-refractivity contribution is 7.89. The summed E-state index contributed by atoms with van der Waals surface area (Å²) in [6.45, 7) is 4.74. The summed E-state index contributed by atoms with van der Waals surface area (Å²) in [6.07, 6.45) is 0. The molecule has 9 heteroatoms. The molecule has 1 aliphatic rings. The van der Waals surface area contributed by atoms with Crippen LogP contribution in [-0.4, -0.2) is 48.8 Å². The van der Waals surface area contributed by atoms with Crippen LogP contribution in [0.2, 0.25) is 5.02 Å². The standard InChI is InChI=1S/C16H19ClFN3O3S/c1-11-16(25(22,23)20-6-8-24-9-7-20)12(2)21(19-11)10-13-14(17)4-3-5-15(13)18/h3-5H,6-10H2,1-2H3. The molecule has 1 saturated heterocycles. The molecule has 1 aliphatic heterocycles. The van der Waals surface area contributed by atoms with Gasteiger partial charge in [-0.25, -0.2) is 12.8 Å². The maximum absolute atomic E-state index is 14.0. The number of hydrogen-bond acceptors (Lipinski definition) is 4. The van der Waals surface area contributed by atoms with E-state index in [0.717, 1.165) is 0 Å². The molecule has 0 saturated carbocycles. The average Bonchev–Trinajstić information content (AvgIpc) is 2.86. The second-order valence-corrected chi connectivity index (χ2v) is 8.16. The number of halogens is 2. The fourth-order valence-electron chi connectivity index (χ4n) is 2.96. The highest BCUT2D eigenvalue weighted by atomic mass is 35.5. The Balaban J connectivity index is 1.99. The van der Waals surface area contributed by atoms with Crippen LogP contribution in [0, 0.1) is 19.7 Å². The van der Waals surface area contributed by atoms with Crippen molar-refractivity contribution in [2.75, 3.05) is 26.3 Å². The van der Waals surface area contributed by atoms with Gasteiger partial charge in [0.05, 0.1) is 31.1 Å². The lowest BCUT2D eigenvalue weighted by atomic mass is 10.2. The zero-order chi connectivity index (χ0) is 18.2. The van der Waals surface area contributed by atoms with Crippen molar-refractivity contribution < 1.29 is 17.5 Å². The Morgan fingerprint density at radius 2 is 1.96 bits per heavy atom. The Bertz CT molecular complexity index is 872. The van der Waals surface area contributed by atoms with Crippen LogP contribution in [0.1, 0.15) is 17.0 Å². The van der Waals surface area contributed by atoms with Crippen molar-refractivity contribution in [1.82, 2.24) is 14.1 Å². The summed E-state index contributed by atoms with van der Waals surface area (Å²) >= 11 is 6.07. The molecule has 1 aromatic heterocycles. The molecule has 3 rings (SSSR count). The van der Waals surface area contributed by atoms with Crippen LogP contribution in [-0.2, 0) is 21.3 Å². The van der Waals surface area contributed by atoms with Gasteiger partial charge in [-0.05, 0) is 26.0 Å². The minimum atomic E-state index is -3.67. The molecular formula is C16H19ClFN3O3S. The summed E-state index contributed by atoms with van der Waals surface area (Å²) in [5.41, 5.74) is 1.13. The number of sulfonamides is 1. The van der Waals surface area contributed by atoms with E-state index in [1.807, 2.05) is 0 Å². The van der Waals surface area contributed by atoms with Crippen LogP contribution in [0.4, 0.5) is 4.39 Å². The van der Waals surface area contributed by atoms with E-state index in [2.05, 4.69) is 5.10 Å². The molecule has 0 aliphatic carbocycles. The third kappa shape index (κ3) is 3.44. The van der Waals surface area contributed by atoms with Gasteiger partial charge in [-0.1, -0.05) is 17.7 Å². The average molecular weight is 388 g/mol. The second-order valence-electron chi connectivity index (χ2n) is 5.87. The first kappa shape index (κ1) is 18.3. The molecule has 0 N–H and O–H groups in total. The minimum Gasteiger partial charge on any atom is -0.379 e. The van der Waals surface area contributed by atoms with Crippen molar-refractivity contribution in [2.24, 2.45) is 0 Å². The molecule has 25 heavy (non-hydrogen) atoms. The summed E-state index contributed by atoms with van der Waals surface area (Å²) in [4.78, 5) is 0.168. The summed E-state index contributed by atoms with van der Waals surface area (Å²) in [7, 11) is -3.67. The molecule has 1 fully saturated rings. The fraction of sp³-hybridized carbons (Fsp3) is 0.438. The van der Waals surface area contributed by atoms with E-state index in [4.69, 9.17) is 16.3 Å². The summed E-state index contributed by atoms with van der Waals surface area (Å²) < 4.78 is 48.0. The van der Waals surface area contributed by atoms with E-state index in [0.29, 0.717) is 37.7 Å². The molecule has 2 heterocycles. The van der Waals surface area contributed by atoms with Crippen LogP contribution in [0.15, 0.2) is 23.1 Å². The van der Waals surface area contributed by atoms with Gasteiger partial charge < -0.3 is 4.74 Å². The highest BCUT2D eigenvalue weighted by Gasteiger charge is 2.32. The highest BCUT2D eigenvalue weighted by Crippen LogP contribution is 2.26. The Morgan fingerprint density at radius 1 is 1.28 bits per heavy atom. The molecule has 0 unspecified atom stereocenters. The van der Waals surface area contributed by atoms with E-state index < -0.39 is 15.8 Å². The Hall–Kier alpha value is -1.48. The monoisotopic (exact) mass is 387 g/mol. The first-order valence-corrected chi connectivity index (χ1v) is 9.69. The van der Waals surface area contributed by atoms with Crippen molar-refractivity contribution in [3.8, 4) is 0 Å². The number of ether oxygens (including phenoxy) is 1. The SMILES string of the molecule is Cc1nn(Cc2c(F)cccc2Cl)c(C)c1S(=O)(=O)N1CCOCC1. The maximum atomic E-state index is 14.0. The number of hydrogen-bond donors (Lipinski definition) is 0. The predicted octanol–water partition coefficient (Wildman–Crippen LogP) is 2.36. The number of nitrogens with zero attached hydrogens (tertiary/aromatic N) is 3. The van der Waals surface area contributed by atoms with Crippen molar-refractivity contribution in [3.63, 3.8) is 0 Å². The van der Waals surface area contributed by atoms with Gasteiger partial charge in [0, 0.05) is 23.7 Å². The predicted molar refractivity (Wildman–Crippen MR) is 91.8 cm³/mol. The molecule has 136 valence electrons. The maximum Gasteiger partial charge on any atom is 0.246 e. The van der Waals surface area contributed by atoms with E-state index in [1.54, 1.807) is 19.9 Å². The molecule has 2 aromatic rings. The Labute approximate surface area is 151 Å². The molecule has 0 atom stereocenters. The van der Waals surface area contributed by atoms with E-state index in [-0.39, 0.29) is 22.0 Å². The third-order valence-corrected chi connectivity index (χ3v) is 6.76. The molecule has 1 aromatic carbocycles. The van der Waals surface area contributed by atoms with E-state index in [9.17, 15) is 12.8 Å². The first-order chi connectivity index (χ1) is 11.8. The van der Waals surface area contributed by atoms with Gasteiger partial charge in [-0.15, -0.1) is 0 Å². The molecule has 0 spiro atoms. The van der Waals surface area contributed by atoms with Gasteiger partial charge >= 0.3 is 0 Å². The quantitative estimate of drug-likeness (QED) is 0.807. The van der Waals surface area contributed by atoms with Crippen molar-refractivity contribution in [3.05, 3.63) is 46.0 Å². The van der Waals surface area contributed by atoms with Crippen molar-refractivity contribution in [2.45, 2.75) is 25.3 Å². The number of aromatic nitrogens is 2. The lowest BCUT2D eigenvalue weighted by Gasteiger charge is -2.26. The van der Waals surface area contributed by atoms with Crippen LogP contribution < -0.4 is 0 Å². The van der Waals surface area contributed by atoms with E-state index in [1.165, 1.54) is 21.1 Å². The van der Waals surface area contributed by atoms with Crippen molar-refractivity contribution in [1.29, 1.82) is 0 Å². The van der Waals surface area contributed by atoms with Crippen LogP contribution in [0.3, 0.4) is 0 Å². The normalized spacial score (nSPS) is 16.3. The van der Waals surface area contributed by atoms with Gasteiger partial charge in [0.1, 0.15) is 10.7 Å². The fourth-order valence-corrected chi connectivity index (χ4v) is 4.96. The van der Waals surface area contributed by atoms with Crippen molar-refractivity contribution >= 4 is 21.6 Å². The van der Waals surface area contributed by atoms with E-state index >= 15 is 0 Å². The Kier molecular flexibility index (Phi) is 5.15. The summed E-state index contributed by atoms with van der Waals surface area (Å²) in [5, 5.41) is 4.59. The number of morpholine rings is 1. The van der Waals surface area contributed by atoms with Gasteiger partial charge in [0.25, 0.3) is 0 Å². The van der Waals surface area contributed by atoms with Crippen LogP contribution >= 0.6 is 11.6 Å². The summed E-state index contributed by atoms with van der Waals surface area (Å²) in [6, 6.07) is 4.44. The zero-order valence-corrected chi connectivity index (χ0v) is 15.6.